The predicted octanol–water partition coefficient (Wildman–Crippen LogP) is 2.70. The summed E-state index contributed by atoms with van der Waals surface area (Å²) in [4.78, 5) is 44.9. The number of aromatic nitrogens is 4. The molecule has 1 N–H and O–H groups in total. The standard InChI is InChI=1S/C24H21FN6O3/c1-14(2)29-12-17-22(24(29)34)30(13-20(32)27-19-9-8-16(25)11-26-19)21-10-18(28-31(21)23(17)33)15-6-4-3-5-7-15/h3-11,14H,12-13H2,1-2H3,(H,26,27,32). The van der Waals surface area contributed by atoms with Gasteiger partial charge in [0.25, 0.3) is 11.5 Å². The number of carbonyl (C=O) groups excluding carboxylic acids is 2. The molecule has 0 fully saturated rings. The van der Waals surface area contributed by atoms with Crippen LogP contribution in [0.3, 0.4) is 0 Å². The lowest BCUT2D eigenvalue weighted by molar-refractivity contribution is -0.116. The van der Waals surface area contributed by atoms with Crippen molar-refractivity contribution in [3.63, 3.8) is 0 Å². The molecule has 0 unspecified atom stereocenters. The molecule has 1 aromatic carbocycles. The molecule has 9 nitrogen and oxygen atoms in total. The number of amides is 2. The average molecular weight is 460 g/mol. The van der Waals surface area contributed by atoms with E-state index in [-0.39, 0.29) is 42.1 Å². The molecule has 0 saturated carbocycles. The number of hydrogen-bond acceptors (Lipinski definition) is 5. The summed E-state index contributed by atoms with van der Waals surface area (Å²) in [5.41, 5.74) is 1.75. The summed E-state index contributed by atoms with van der Waals surface area (Å²) >= 11 is 0. The Kier molecular flexibility index (Phi) is 5.20. The van der Waals surface area contributed by atoms with Crippen LogP contribution in [0.4, 0.5) is 10.2 Å². The highest BCUT2D eigenvalue weighted by molar-refractivity contribution is 5.98. The second-order valence-corrected chi connectivity index (χ2v) is 8.32. The van der Waals surface area contributed by atoms with Gasteiger partial charge in [0.1, 0.15) is 29.5 Å². The van der Waals surface area contributed by atoms with Crippen molar-refractivity contribution in [1.82, 2.24) is 24.1 Å². The average Bonchev–Trinajstić information content (AvgIpc) is 3.42. The lowest BCUT2D eigenvalue weighted by atomic mass is 10.1. The first-order chi connectivity index (χ1) is 16.3. The Morgan fingerprint density at radius 2 is 1.91 bits per heavy atom. The smallest absolute Gasteiger partial charge is 0.280 e. The van der Waals surface area contributed by atoms with Crippen molar-refractivity contribution >= 4 is 23.3 Å². The van der Waals surface area contributed by atoms with Crippen molar-refractivity contribution in [1.29, 1.82) is 0 Å². The van der Waals surface area contributed by atoms with Gasteiger partial charge in [0, 0.05) is 17.7 Å². The maximum absolute atomic E-state index is 13.3. The van der Waals surface area contributed by atoms with Gasteiger partial charge in [-0.3, -0.25) is 14.4 Å². The summed E-state index contributed by atoms with van der Waals surface area (Å²) in [7, 11) is 0. The minimum absolute atomic E-state index is 0.128. The molecule has 10 heteroatoms. The molecule has 0 radical (unpaired) electrons. The number of benzene rings is 1. The molecule has 0 saturated heterocycles. The van der Waals surface area contributed by atoms with Crippen molar-refractivity contribution < 1.29 is 14.0 Å². The van der Waals surface area contributed by atoms with Crippen LogP contribution in [0.15, 0.2) is 59.5 Å². The van der Waals surface area contributed by atoms with Crippen LogP contribution in [0.1, 0.15) is 29.9 Å². The minimum atomic E-state index is -0.523. The molecule has 5 rings (SSSR count). The molecule has 1 aliphatic rings. The fourth-order valence-corrected chi connectivity index (χ4v) is 4.09. The second kappa shape index (κ2) is 8.22. The monoisotopic (exact) mass is 460 g/mol. The molecule has 172 valence electrons. The van der Waals surface area contributed by atoms with E-state index in [0.29, 0.717) is 16.9 Å². The first-order valence-corrected chi connectivity index (χ1v) is 10.8. The van der Waals surface area contributed by atoms with Crippen LogP contribution in [0.5, 0.6) is 0 Å². The van der Waals surface area contributed by atoms with Gasteiger partial charge in [-0.25, -0.2) is 9.37 Å². The first kappa shape index (κ1) is 21.5. The largest absolute Gasteiger partial charge is 0.330 e. The Morgan fingerprint density at radius 3 is 2.59 bits per heavy atom. The van der Waals surface area contributed by atoms with E-state index in [4.69, 9.17) is 0 Å². The summed E-state index contributed by atoms with van der Waals surface area (Å²) in [5.74, 6) is -1.15. The van der Waals surface area contributed by atoms with Gasteiger partial charge in [-0.15, -0.1) is 0 Å². The van der Waals surface area contributed by atoms with E-state index in [9.17, 15) is 18.8 Å². The molecule has 3 aromatic heterocycles. The Labute approximate surface area is 193 Å². The molecule has 0 bridgehead atoms. The third-order valence-electron chi connectivity index (χ3n) is 5.75. The zero-order valence-electron chi connectivity index (χ0n) is 18.5. The van der Waals surface area contributed by atoms with Gasteiger partial charge in [0.15, 0.2) is 0 Å². The number of pyridine rings is 1. The number of nitrogens with one attached hydrogen (secondary N) is 1. The zero-order valence-corrected chi connectivity index (χ0v) is 18.5. The highest BCUT2D eigenvalue weighted by Crippen LogP contribution is 2.26. The van der Waals surface area contributed by atoms with Gasteiger partial charge >= 0.3 is 0 Å². The maximum atomic E-state index is 13.3. The second-order valence-electron chi connectivity index (χ2n) is 8.32. The van der Waals surface area contributed by atoms with Crippen LogP contribution in [0, 0.1) is 5.82 Å². The normalized spacial score (nSPS) is 13.1. The van der Waals surface area contributed by atoms with E-state index >= 15 is 0 Å². The number of rotatable bonds is 5. The zero-order chi connectivity index (χ0) is 24.0. The van der Waals surface area contributed by atoms with Gasteiger partial charge in [0.2, 0.25) is 5.91 Å². The minimum Gasteiger partial charge on any atom is -0.330 e. The maximum Gasteiger partial charge on any atom is 0.280 e. The first-order valence-electron chi connectivity index (χ1n) is 10.8. The third kappa shape index (κ3) is 3.62. The number of fused-ring (bicyclic) bond motifs is 2. The van der Waals surface area contributed by atoms with E-state index in [1.165, 1.54) is 21.2 Å². The third-order valence-corrected chi connectivity index (χ3v) is 5.75. The SMILES string of the molecule is CC(C)N1Cc2c(n(CC(=O)Nc3ccc(F)cn3)c3cc(-c4ccccc4)nn3c2=O)C1=O. The molecule has 0 atom stereocenters. The number of carbonyl (C=O) groups is 2. The Bertz CT molecular complexity index is 1470. The van der Waals surface area contributed by atoms with Crippen LogP contribution >= 0.6 is 0 Å². The Morgan fingerprint density at radius 1 is 1.15 bits per heavy atom. The molecule has 34 heavy (non-hydrogen) atoms. The quantitative estimate of drug-likeness (QED) is 0.494. The summed E-state index contributed by atoms with van der Waals surface area (Å²) in [6.07, 6.45) is 0.998. The van der Waals surface area contributed by atoms with Gasteiger partial charge < -0.3 is 14.8 Å². The molecular weight excluding hydrogens is 439 g/mol. The van der Waals surface area contributed by atoms with Crippen LogP contribution in [-0.2, 0) is 17.9 Å². The Hall–Kier alpha value is -4.34. The van der Waals surface area contributed by atoms with Crippen LogP contribution in [0.25, 0.3) is 16.9 Å². The van der Waals surface area contributed by atoms with Gasteiger partial charge in [-0.2, -0.15) is 9.61 Å². The topological polar surface area (TPSA) is 102 Å². The van der Waals surface area contributed by atoms with Gasteiger partial charge in [0.05, 0.1) is 24.0 Å². The summed E-state index contributed by atoms with van der Waals surface area (Å²) in [6.45, 7) is 3.61. The van der Waals surface area contributed by atoms with Crippen molar-refractivity contribution in [2.24, 2.45) is 0 Å². The van der Waals surface area contributed by atoms with Crippen LogP contribution in [0.2, 0.25) is 0 Å². The number of nitrogens with zero attached hydrogens (tertiary/aromatic N) is 5. The van der Waals surface area contributed by atoms with E-state index in [2.05, 4.69) is 15.4 Å². The Balaban J connectivity index is 1.63. The number of hydrogen-bond donors (Lipinski definition) is 1. The molecule has 1 aliphatic heterocycles. The molecule has 0 spiro atoms. The fourth-order valence-electron chi connectivity index (χ4n) is 4.09. The number of halogens is 1. The van der Waals surface area contributed by atoms with Crippen molar-refractivity contribution in [2.75, 3.05) is 5.32 Å². The van der Waals surface area contributed by atoms with Crippen molar-refractivity contribution in [3.05, 3.63) is 82.2 Å². The number of anilines is 1. The van der Waals surface area contributed by atoms with E-state index in [0.717, 1.165) is 11.8 Å². The highest BCUT2D eigenvalue weighted by atomic mass is 19.1. The van der Waals surface area contributed by atoms with Crippen LogP contribution < -0.4 is 10.9 Å². The molecule has 4 heterocycles. The lowest BCUT2D eigenvalue weighted by Crippen LogP contribution is -2.32. The van der Waals surface area contributed by atoms with Crippen molar-refractivity contribution in [3.8, 4) is 11.3 Å². The summed E-state index contributed by atoms with van der Waals surface area (Å²) in [5, 5.41) is 7.09. The highest BCUT2D eigenvalue weighted by Gasteiger charge is 2.36. The predicted molar refractivity (Wildman–Crippen MR) is 123 cm³/mol. The summed E-state index contributed by atoms with van der Waals surface area (Å²) < 4.78 is 15.9. The van der Waals surface area contributed by atoms with Gasteiger partial charge in [-0.05, 0) is 26.0 Å². The molecular formula is C24H21FN6O3. The lowest BCUT2D eigenvalue weighted by Gasteiger charge is -2.20. The van der Waals surface area contributed by atoms with Gasteiger partial charge in [-0.1, -0.05) is 30.3 Å². The van der Waals surface area contributed by atoms with E-state index in [1.54, 1.807) is 11.0 Å². The fraction of sp³-hybridized carbons (Fsp3) is 0.208. The van der Waals surface area contributed by atoms with E-state index < -0.39 is 11.7 Å². The molecule has 4 aromatic rings. The molecule has 2 amide bonds. The summed E-state index contributed by atoms with van der Waals surface area (Å²) in [6, 6.07) is 13.4. The molecule has 0 aliphatic carbocycles. The van der Waals surface area contributed by atoms with E-state index in [1.807, 2.05) is 44.2 Å². The van der Waals surface area contributed by atoms with Crippen LogP contribution in [-0.4, -0.2) is 41.9 Å². The van der Waals surface area contributed by atoms with Crippen molar-refractivity contribution in [2.45, 2.75) is 33.0 Å².